The van der Waals surface area contributed by atoms with Crippen molar-refractivity contribution >= 4 is 17.3 Å². The summed E-state index contributed by atoms with van der Waals surface area (Å²) in [5.41, 5.74) is 14.9. The first-order valence-electron chi connectivity index (χ1n) is 6.20. The zero-order valence-corrected chi connectivity index (χ0v) is 11.5. The molecule has 98 valence electrons. The van der Waals surface area contributed by atoms with Gasteiger partial charge in [-0.3, -0.25) is 0 Å². The lowest BCUT2D eigenvalue weighted by molar-refractivity contribution is 0.414. The average molecular weight is 264 g/mol. The van der Waals surface area contributed by atoms with E-state index in [1.54, 1.807) is 18.9 Å². The van der Waals surface area contributed by atoms with E-state index in [1.807, 2.05) is 6.07 Å². The smallest absolute Gasteiger partial charge is 0.119 e. The second-order valence-corrected chi connectivity index (χ2v) is 5.61. The summed E-state index contributed by atoms with van der Waals surface area (Å²) in [7, 11) is 1.71. The van der Waals surface area contributed by atoms with Crippen LogP contribution in [-0.2, 0) is 6.42 Å². The third-order valence-electron chi connectivity index (χ3n) is 3.17. The molecule has 4 N–H and O–H groups in total. The number of hydrogen-bond acceptors (Lipinski definition) is 4. The largest absolute Gasteiger partial charge is 0.497 e. The van der Waals surface area contributed by atoms with Crippen LogP contribution in [0, 0.1) is 0 Å². The number of ether oxygens (including phenoxy) is 1. The number of allylic oxidation sites excluding steroid dienone is 1. The molecule has 0 radical (unpaired) electrons. The molecule has 0 saturated heterocycles. The van der Waals surface area contributed by atoms with Crippen molar-refractivity contribution in [2.45, 2.75) is 24.8 Å². The number of benzene rings is 1. The summed E-state index contributed by atoms with van der Waals surface area (Å²) in [5, 5.41) is 0. The van der Waals surface area contributed by atoms with Crippen LogP contribution in [-0.4, -0.2) is 18.4 Å². The Morgan fingerprint density at radius 3 is 2.94 bits per heavy atom. The predicted octanol–water partition coefficient (Wildman–Crippen LogP) is 2.35. The number of aryl methyl sites for hydroxylation is 1. The molecule has 2 rings (SSSR count). The van der Waals surface area contributed by atoms with Crippen molar-refractivity contribution in [3.8, 4) is 5.75 Å². The SMILES string of the molecule is COc1ccc2c(c1)CCC/C2=C/CSC(N)N. The Morgan fingerprint density at radius 1 is 1.39 bits per heavy atom. The Kier molecular flexibility index (Phi) is 4.69. The molecular formula is C14H20N2OS. The normalized spacial score (nSPS) is 17.0. The van der Waals surface area contributed by atoms with E-state index < -0.39 is 0 Å². The molecule has 0 aromatic heterocycles. The van der Waals surface area contributed by atoms with Crippen molar-refractivity contribution in [2.75, 3.05) is 12.9 Å². The molecular weight excluding hydrogens is 244 g/mol. The van der Waals surface area contributed by atoms with Crippen molar-refractivity contribution < 1.29 is 4.74 Å². The minimum absolute atomic E-state index is 0.291. The minimum atomic E-state index is -0.291. The van der Waals surface area contributed by atoms with Crippen LogP contribution < -0.4 is 16.2 Å². The molecule has 1 aromatic rings. The number of thioether (sulfide) groups is 1. The van der Waals surface area contributed by atoms with Gasteiger partial charge in [0, 0.05) is 5.75 Å². The summed E-state index contributed by atoms with van der Waals surface area (Å²) in [4.78, 5) is 0. The van der Waals surface area contributed by atoms with E-state index in [4.69, 9.17) is 16.2 Å². The number of hydrogen-bond donors (Lipinski definition) is 2. The van der Waals surface area contributed by atoms with Gasteiger partial charge in [-0.25, -0.2) is 0 Å². The van der Waals surface area contributed by atoms with Crippen LogP contribution in [0.2, 0.25) is 0 Å². The van der Waals surface area contributed by atoms with Crippen molar-refractivity contribution in [1.29, 1.82) is 0 Å². The Balaban J connectivity index is 2.17. The summed E-state index contributed by atoms with van der Waals surface area (Å²) in [6.07, 6.45) is 5.72. The Morgan fingerprint density at radius 2 is 2.22 bits per heavy atom. The van der Waals surface area contributed by atoms with Crippen molar-refractivity contribution in [2.24, 2.45) is 11.5 Å². The highest BCUT2D eigenvalue weighted by Gasteiger charge is 2.14. The van der Waals surface area contributed by atoms with Gasteiger partial charge in [0.25, 0.3) is 0 Å². The zero-order chi connectivity index (χ0) is 13.0. The highest BCUT2D eigenvalue weighted by Crippen LogP contribution is 2.33. The topological polar surface area (TPSA) is 61.3 Å². The maximum Gasteiger partial charge on any atom is 0.119 e. The molecule has 0 amide bonds. The van der Waals surface area contributed by atoms with E-state index in [-0.39, 0.29) is 5.50 Å². The average Bonchev–Trinajstić information content (AvgIpc) is 2.38. The summed E-state index contributed by atoms with van der Waals surface area (Å²) in [6, 6.07) is 6.33. The first-order valence-corrected chi connectivity index (χ1v) is 7.24. The van der Waals surface area contributed by atoms with E-state index in [9.17, 15) is 0 Å². The van der Waals surface area contributed by atoms with Crippen LogP contribution in [0.5, 0.6) is 5.75 Å². The predicted molar refractivity (Wildman–Crippen MR) is 78.5 cm³/mol. The summed E-state index contributed by atoms with van der Waals surface area (Å²) in [6.45, 7) is 0. The fourth-order valence-electron chi connectivity index (χ4n) is 2.29. The minimum Gasteiger partial charge on any atom is -0.497 e. The van der Waals surface area contributed by atoms with Crippen LogP contribution in [0.4, 0.5) is 0 Å². The third kappa shape index (κ3) is 3.28. The van der Waals surface area contributed by atoms with Crippen molar-refractivity contribution in [3.63, 3.8) is 0 Å². The molecule has 3 nitrogen and oxygen atoms in total. The van der Waals surface area contributed by atoms with E-state index in [1.165, 1.54) is 23.1 Å². The van der Waals surface area contributed by atoms with Gasteiger partial charge in [0.1, 0.15) is 11.2 Å². The van der Waals surface area contributed by atoms with E-state index in [0.717, 1.165) is 24.3 Å². The molecule has 0 unspecified atom stereocenters. The number of methoxy groups -OCH3 is 1. The molecule has 1 aromatic carbocycles. The van der Waals surface area contributed by atoms with Gasteiger partial charge in [0.05, 0.1) is 7.11 Å². The summed E-state index contributed by atoms with van der Waals surface area (Å²) in [5.74, 6) is 1.81. The van der Waals surface area contributed by atoms with Crippen LogP contribution in [0.3, 0.4) is 0 Å². The quantitative estimate of drug-likeness (QED) is 0.820. The van der Waals surface area contributed by atoms with E-state index in [2.05, 4.69) is 18.2 Å². The second kappa shape index (κ2) is 6.27. The van der Waals surface area contributed by atoms with Crippen LogP contribution in [0.1, 0.15) is 24.0 Å². The van der Waals surface area contributed by atoms with Crippen LogP contribution in [0.25, 0.3) is 5.57 Å². The third-order valence-corrected chi connectivity index (χ3v) is 3.91. The van der Waals surface area contributed by atoms with Gasteiger partial charge < -0.3 is 16.2 Å². The molecule has 0 spiro atoms. The molecule has 18 heavy (non-hydrogen) atoms. The van der Waals surface area contributed by atoms with Crippen LogP contribution in [0.15, 0.2) is 24.3 Å². The maximum absolute atomic E-state index is 5.54. The lowest BCUT2D eigenvalue weighted by Crippen LogP contribution is -2.26. The summed E-state index contributed by atoms with van der Waals surface area (Å²) >= 11 is 1.56. The van der Waals surface area contributed by atoms with Crippen molar-refractivity contribution in [1.82, 2.24) is 0 Å². The zero-order valence-electron chi connectivity index (χ0n) is 10.7. The fraction of sp³-hybridized carbons (Fsp3) is 0.429. The van der Waals surface area contributed by atoms with Crippen LogP contribution >= 0.6 is 11.8 Å². The highest BCUT2D eigenvalue weighted by molar-refractivity contribution is 7.99. The van der Waals surface area contributed by atoms with Gasteiger partial charge in [-0.2, -0.15) is 0 Å². The van der Waals surface area contributed by atoms with Crippen molar-refractivity contribution in [3.05, 3.63) is 35.4 Å². The molecule has 0 heterocycles. The molecule has 0 atom stereocenters. The maximum atomic E-state index is 5.54. The number of rotatable bonds is 4. The Labute approximate surface area is 113 Å². The molecule has 4 heteroatoms. The molecule has 1 aliphatic carbocycles. The monoisotopic (exact) mass is 264 g/mol. The van der Waals surface area contributed by atoms with Gasteiger partial charge in [0.2, 0.25) is 0 Å². The Hall–Kier alpha value is -0.970. The molecule has 0 saturated carbocycles. The highest BCUT2D eigenvalue weighted by atomic mass is 32.2. The Bertz CT molecular complexity index is 443. The molecule has 1 aliphatic rings. The number of nitrogens with two attached hydrogens (primary N) is 2. The number of fused-ring (bicyclic) bond motifs is 1. The van der Waals surface area contributed by atoms with Gasteiger partial charge in [-0.15, -0.1) is 11.8 Å². The van der Waals surface area contributed by atoms with Gasteiger partial charge in [-0.1, -0.05) is 12.1 Å². The van der Waals surface area contributed by atoms with Gasteiger partial charge in [0.15, 0.2) is 0 Å². The fourth-order valence-corrected chi connectivity index (χ4v) is 2.81. The first-order chi connectivity index (χ1) is 8.70. The van der Waals surface area contributed by atoms with Gasteiger partial charge >= 0.3 is 0 Å². The standard InChI is InChI=1S/C14H20N2OS/c1-17-12-5-6-13-10(7-8-18-14(15)16)3-2-4-11(13)9-12/h5-7,9,14H,2-4,8,15-16H2,1H3/b10-7-. The van der Waals surface area contributed by atoms with E-state index in [0.29, 0.717) is 0 Å². The second-order valence-electron chi connectivity index (χ2n) is 4.40. The van der Waals surface area contributed by atoms with E-state index >= 15 is 0 Å². The first kappa shape index (κ1) is 13.5. The lowest BCUT2D eigenvalue weighted by atomic mass is 9.87. The molecule has 0 fully saturated rings. The lowest BCUT2D eigenvalue weighted by Gasteiger charge is -2.20. The molecule has 0 aliphatic heterocycles. The molecule has 0 bridgehead atoms. The summed E-state index contributed by atoms with van der Waals surface area (Å²) < 4.78 is 5.27. The van der Waals surface area contributed by atoms with Gasteiger partial charge in [-0.05, 0) is 48.1 Å².